The Balaban J connectivity index is 1.97. The van der Waals surface area contributed by atoms with Crippen molar-refractivity contribution in [3.63, 3.8) is 0 Å². The van der Waals surface area contributed by atoms with Crippen LogP contribution in [0.15, 0.2) is 17.6 Å². The van der Waals surface area contributed by atoms with E-state index in [2.05, 4.69) is 25.0 Å². The number of amides is 1. The summed E-state index contributed by atoms with van der Waals surface area (Å²) in [5.41, 5.74) is 0. The van der Waals surface area contributed by atoms with Crippen molar-refractivity contribution < 1.29 is 9.28 Å². The molecule has 0 saturated carbocycles. The summed E-state index contributed by atoms with van der Waals surface area (Å²) in [4.78, 5) is 16.0. The number of carbonyl (C=O) groups excluding carboxylic acids is 1. The molecule has 1 aliphatic heterocycles. The molecule has 0 aromatic heterocycles. The molecule has 1 rings (SSSR count). The smallest absolute Gasteiger partial charge is 0.217 e. The largest absolute Gasteiger partial charge is 0.351 e. The summed E-state index contributed by atoms with van der Waals surface area (Å²) in [6.07, 6.45) is 25.0. The van der Waals surface area contributed by atoms with Gasteiger partial charge < -0.3 is 5.32 Å². The molecule has 0 aromatic rings. The lowest BCUT2D eigenvalue weighted by Crippen LogP contribution is -2.55. The van der Waals surface area contributed by atoms with Gasteiger partial charge in [0.2, 0.25) is 5.91 Å². The highest BCUT2D eigenvalue weighted by atomic mass is 16.1. The molecule has 0 spiro atoms. The summed E-state index contributed by atoms with van der Waals surface area (Å²) in [5.74, 6) is 0.0696. The van der Waals surface area contributed by atoms with E-state index in [1.165, 1.54) is 96.3 Å². The second kappa shape index (κ2) is 17.5. The molecule has 1 heterocycles. The monoisotopic (exact) mass is 420 g/mol. The van der Waals surface area contributed by atoms with E-state index in [0.29, 0.717) is 6.17 Å². The summed E-state index contributed by atoms with van der Waals surface area (Å²) < 4.78 is 1.02. The molecule has 0 fully saturated rings. The summed E-state index contributed by atoms with van der Waals surface area (Å²) in [5, 5.41) is 2.96. The lowest BCUT2D eigenvalue weighted by Gasteiger charge is -2.38. The zero-order chi connectivity index (χ0) is 21.9. The molecule has 0 aromatic carbocycles. The number of aliphatic imine (C=N–C) groups is 1. The molecule has 0 bridgehead atoms. The van der Waals surface area contributed by atoms with Gasteiger partial charge in [-0.3, -0.25) is 9.28 Å². The van der Waals surface area contributed by atoms with Gasteiger partial charge in [0.05, 0.1) is 25.8 Å². The summed E-state index contributed by atoms with van der Waals surface area (Å²) in [6, 6.07) is 0. The van der Waals surface area contributed by atoms with Crippen molar-refractivity contribution >= 4 is 12.1 Å². The van der Waals surface area contributed by atoms with Crippen molar-refractivity contribution in [1.29, 1.82) is 0 Å². The van der Waals surface area contributed by atoms with Crippen molar-refractivity contribution in [2.24, 2.45) is 4.99 Å². The molecular weight excluding hydrogens is 370 g/mol. The third-order valence-corrected chi connectivity index (χ3v) is 6.79. The van der Waals surface area contributed by atoms with Gasteiger partial charge in [0.25, 0.3) is 0 Å². The first kappa shape index (κ1) is 26.9. The Morgan fingerprint density at radius 1 is 1.00 bits per heavy atom. The van der Waals surface area contributed by atoms with Crippen LogP contribution >= 0.6 is 0 Å². The number of hydrogen-bond donors (Lipinski definition) is 1. The second-order valence-corrected chi connectivity index (χ2v) is 9.20. The maximum atomic E-state index is 11.2. The average Bonchev–Trinajstić information content (AvgIpc) is 3.13. The number of unbranched alkanes of at least 4 members (excludes halogenated alkanes) is 13. The minimum absolute atomic E-state index is 0.0696. The van der Waals surface area contributed by atoms with E-state index in [-0.39, 0.29) is 5.91 Å². The Bertz CT molecular complexity index is 477. The first-order valence-corrected chi connectivity index (χ1v) is 12.9. The molecule has 1 amide bonds. The van der Waals surface area contributed by atoms with Gasteiger partial charge in [0.15, 0.2) is 6.17 Å². The van der Waals surface area contributed by atoms with E-state index in [1.54, 1.807) is 6.92 Å². The summed E-state index contributed by atoms with van der Waals surface area (Å²) in [7, 11) is 0. The van der Waals surface area contributed by atoms with E-state index < -0.39 is 0 Å². The van der Waals surface area contributed by atoms with Gasteiger partial charge in [0.1, 0.15) is 6.54 Å². The fourth-order valence-corrected chi connectivity index (χ4v) is 4.70. The molecule has 0 saturated heterocycles. The molecule has 4 nitrogen and oxygen atoms in total. The molecule has 2 atom stereocenters. The summed E-state index contributed by atoms with van der Waals surface area (Å²) in [6.45, 7) is 11.5. The maximum Gasteiger partial charge on any atom is 0.217 e. The van der Waals surface area contributed by atoms with E-state index in [0.717, 1.165) is 30.7 Å². The highest BCUT2D eigenvalue weighted by Crippen LogP contribution is 2.24. The van der Waals surface area contributed by atoms with Gasteiger partial charge in [-0.05, 0) is 26.2 Å². The number of hydrogen-bond acceptors (Lipinski definition) is 2. The predicted molar refractivity (Wildman–Crippen MR) is 131 cm³/mol. The zero-order valence-electron chi connectivity index (χ0n) is 20.2. The van der Waals surface area contributed by atoms with Crippen molar-refractivity contribution in [1.82, 2.24) is 5.32 Å². The van der Waals surface area contributed by atoms with Crippen molar-refractivity contribution in [3.05, 3.63) is 12.7 Å². The molecule has 30 heavy (non-hydrogen) atoms. The number of nitrogens with zero attached hydrogens (tertiary/aromatic N) is 2. The van der Waals surface area contributed by atoms with Gasteiger partial charge in [-0.2, -0.15) is 0 Å². The van der Waals surface area contributed by atoms with Crippen LogP contribution in [0.1, 0.15) is 110 Å². The van der Waals surface area contributed by atoms with E-state index >= 15 is 0 Å². The number of allylic oxidation sites excluding steroid dienone is 1. The van der Waals surface area contributed by atoms with Gasteiger partial charge in [-0.15, -0.1) is 6.58 Å². The fraction of sp³-hybridized carbons (Fsp3) is 0.846. The Hall–Kier alpha value is -1.16. The van der Waals surface area contributed by atoms with Crippen LogP contribution in [0.5, 0.6) is 0 Å². The Morgan fingerprint density at radius 2 is 1.53 bits per heavy atom. The third-order valence-electron chi connectivity index (χ3n) is 6.79. The summed E-state index contributed by atoms with van der Waals surface area (Å²) >= 11 is 0. The highest BCUT2D eigenvalue weighted by molar-refractivity contribution is 5.72. The molecule has 1 N–H and O–H groups in total. The highest BCUT2D eigenvalue weighted by Gasteiger charge is 2.37. The van der Waals surface area contributed by atoms with Gasteiger partial charge >= 0.3 is 0 Å². The average molecular weight is 421 g/mol. The number of nitrogens with one attached hydrogen (secondary N) is 1. The van der Waals surface area contributed by atoms with Crippen molar-refractivity contribution in [3.8, 4) is 0 Å². The lowest BCUT2D eigenvalue weighted by atomic mass is 10.0. The SMILES string of the molecule is C=CCCCCCCCCCCCCCCCC1N=CC[N+]1(CC)CCNC(C)=O. The van der Waals surface area contributed by atoms with Crippen molar-refractivity contribution in [2.45, 2.75) is 116 Å². The van der Waals surface area contributed by atoms with E-state index in [1.807, 2.05) is 6.08 Å². The van der Waals surface area contributed by atoms with Crippen LogP contribution in [0.25, 0.3) is 0 Å². The fourth-order valence-electron chi connectivity index (χ4n) is 4.70. The van der Waals surface area contributed by atoms with Crippen LogP contribution in [0.4, 0.5) is 0 Å². The molecule has 1 aliphatic rings. The van der Waals surface area contributed by atoms with Crippen LogP contribution in [-0.2, 0) is 4.79 Å². The first-order valence-electron chi connectivity index (χ1n) is 12.9. The Kier molecular flexibility index (Phi) is 15.7. The second-order valence-electron chi connectivity index (χ2n) is 9.20. The molecule has 0 radical (unpaired) electrons. The standard InChI is InChI=1S/C26H49N3O/c1-4-6-7-8-9-10-11-12-13-14-15-16-17-18-19-20-26-28-22-24-29(26,5-2)23-21-27-25(3)30/h4,22,26H,1,5-21,23-24H2,2-3H3/p+1. The molecule has 0 aliphatic carbocycles. The number of likely N-dealkylation sites (N-methyl/N-ethyl adjacent to an activating group) is 1. The third kappa shape index (κ3) is 11.9. The van der Waals surface area contributed by atoms with Gasteiger partial charge in [-0.25, -0.2) is 4.99 Å². The molecular formula is C26H50N3O+. The number of carbonyl (C=O) groups is 1. The van der Waals surface area contributed by atoms with Crippen LogP contribution in [0, 0.1) is 0 Å². The van der Waals surface area contributed by atoms with Crippen LogP contribution < -0.4 is 5.32 Å². The van der Waals surface area contributed by atoms with E-state index in [9.17, 15) is 4.79 Å². The normalized spacial score (nSPS) is 20.5. The van der Waals surface area contributed by atoms with Gasteiger partial charge in [-0.1, -0.05) is 76.7 Å². The Morgan fingerprint density at radius 3 is 2.03 bits per heavy atom. The van der Waals surface area contributed by atoms with Crippen LogP contribution in [-0.4, -0.2) is 48.9 Å². The van der Waals surface area contributed by atoms with E-state index in [4.69, 9.17) is 4.99 Å². The first-order chi connectivity index (χ1) is 14.6. The van der Waals surface area contributed by atoms with Crippen molar-refractivity contribution in [2.75, 3.05) is 26.2 Å². The van der Waals surface area contributed by atoms with Gasteiger partial charge in [0, 0.05) is 13.3 Å². The Labute approximate surface area is 187 Å². The zero-order valence-corrected chi connectivity index (χ0v) is 20.2. The maximum absolute atomic E-state index is 11.2. The minimum atomic E-state index is 0.0696. The quantitative estimate of drug-likeness (QED) is 0.138. The minimum Gasteiger partial charge on any atom is -0.351 e. The van der Waals surface area contributed by atoms with Crippen LogP contribution in [0.2, 0.25) is 0 Å². The predicted octanol–water partition coefficient (Wildman–Crippen LogP) is 6.41. The number of rotatable bonds is 20. The van der Waals surface area contributed by atoms with Crippen LogP contribution in [0.3, 0.4) is 0 Å². The topological polar surface area (TPSA) is 41.5 Å². The lowest BCUT2D eigenvalue weighted by molar-refractivity contribution is -0.935. The number of quaternary nitrogens is 1. The molecule has 174 valence electrons. The molecule has 4 heteroatoms. The molecule has 2 unspecified atom stereocenters.